The third-order valence-electron chi connectivity index (χ3n) is 2.96. The SMILES string of the molecule is O=C(/C=C(\c1cc(Cl)cc(Cl)c1)C(F)(F)F)c1ccc(F)c(Br)c1. The molecule has 24 heavy (non-hydrogen) atoms. The highest BCUT2D eigenvalue weighted by molar-refractivity contribution is 9.10. The van der Waals surface area contributed by atoms with Crippen LogP contribution >= 0.6 is 39.1 Å². The van der Waals surface area contributed by atoms with E-state index in [-0.39, 0.29) is 25.6 Å². The minimum Gasteiger partial charge on any atom is -0.289 e. The van der Waals surface area contributed by atoms with E-state index in [1.165, 1.54) is 6.07 Å². The molecule has 0 saturated heterocycles. The van der Waals surface area contributed by atoms with Crippen molar-refractivity contribution in [3.05, 3.63) is 73.9 Å². The smallest absolute Gasteiger partial charge is 0.289 e. The van der Waals surface area contributed by atoms with Crippen LogP contribution in [0, 0.1) is 5.82 Å². The molecule has 2 aromatic carbocycles. The van der Waals surface area contributed by atoms with Crippen LogP contribution in [-0.2, 0) is 0 Å². The molecule has 2 aromatic rings. The maximum atomic E-state index is 13.3. The molecule has 126 valence electrons. The lowest BCUT2D eigenvalue weighted by molar-refractivity contribution is -0.0689. The molecule has 0 aliphatic carbocycles. The number of hydrogen-bond acceptors (Lipinski definition) is 1. The van der Waals surface area contributed by atoms with Crippen LogP contribution < -0.4 is 0 Å². The zero-order valence-corrected chi connectivity index (χ0v) is 14.7. The quantitative estimate of drug-likeness (QED) is 0.293. The van der Waals surface area contributed by atoms with Gasteiger partial charge in [0.05, 0.1) is 10.0 Å². The molecule has 0 fully saturated rings. The van der Waals surface area contributed by atoms with Crippen LogP contribution in [-0.4, -0.2) is 12.0 Å². The van der Waals surface area contributed by atoms with Crippen LogP contribution in [0.15, 0.2) is 46.9 Å². The second-order valence-corrected chi connectivity index (χ2v) is 6.43. The molecular formula is C16H7BrCl2F4O. The van der Waals surface area contributed by atoms with Crippen LogP contribution in [0.2, 0.25) is 10.0 Å². The van der Waals surface area contributed by atoms with E-state index in [1.54, 1.807) is 0 Å². The Hall–Kier alpha value is -1.37. The standard InChI is InChI=1S/C16H7BrCl2F4O/c17-13-5-8(1-2-14(13)20)15(24)7-12(16(21,22)23)9-3-10(18)6-11(19)4-9/h1-7H/b12-7+. The Labute approximate surface area is 153 Å². The Kier molecular flexibility index (Phi) is 5.73. The average Bonchev–Trinajstić information content (AvgIpc) is 2.45. The summed E-state index contributed by atoms with van der Waals surface area (Å²) in [6.45, 7) is 0. The van der Waals surface area contributed by atoms with Gasteiger partial charge >= 0.3 is 6.18 Å². The first-order valence-electron chi connectivity index (χ1n) is 6.32. The summed E-state index contributed by atoms with van der Waals surface area (Å²) in [5, 5.41) is 0.00857. The number of hydrogen-bond donors (Lipinski definition) is 0. The molecule has 0 heterocycles. The van der Waals surface area contributed by atoms with Crippen LogP contribution in [0.4, 0.5) is 17.6 Å². The Morgan fingerprint density at radius 2 is 1.58 bits per heavy atom. The minimum absolute atomic E-state index is 0.00428. The second-order valence-electron chi connectivity index (χ2n) is 4.71. The summed E-state index contributed by atoms with van der Waals surface area (Å²) in [4.78, 5) is 12.1. The summed E-state index contributed by atoms with van der Waals surface area (Å²) >= 11 is 14.3. The van der Waals surface area contributed by atoms with E-state index < -0.39 is 23.3 Å². The fourth-order valence-electron chi connectivity index (χ4n) is 1.90. The first-order chi connectivity index (χ1) is 11.1. The van der Waals surface area contributed by atoms with Crippen molar-refractivity contribution in [1.29, 1.82) is 0 Å². The number of allylic oxidation sites excluding steroid dienone is 2. The number of benzene rings is 2. The number of carbonyl (C=O) groups is 1. The highest BCUT2D eigenvalue weighted by atomic mass is 79.9. The molecule has 0 bridgehead atoms. The molecule has 1 nitrogen and oxygen atoms in total. The van der Waals surface area contributed by atoms with Crippen molar-refractivity contribution >= 4 is 50.5 Å². The second kappa shape index (κ2) is 7.25. The highest BCUT2D eigenvalue weighted by Gasteiger charge is 2.35. The molecule has 0 aromatic heterocycles. The van der Waals surface area contributed by atoms with E-state index >= 15 is 0 Å². The Morgan fingerprint density at radius 3 is 2.08 bits per heavy atom. The Morgan fingerprint density at radius 1 is 1.00 bits per heavy atom. The number of ketones is 1. The fraction of sp³-hybridized carbons (Fsp3) is 0.0625. The van der Waals surface area contributed by atoms with Gasteiger partial charge < -0.3 is 0 Å². The molecule has 0 radical (unpaired) electrons. The summed E-state index contributed by atoms with van der Waals surface area (Å²) in [7, 11) is 0. The van der Waals surface area contributed by atoms with Crippen molar-refractivity contribution in [1.82, 2.24) is 0 Å². The zero-order valence-electron chi connectivity index (χ0n) is 11.6. The average molecular weight is 442 g/mol. The monoisotopic (exact) mass is 440 g/mol. The first kappa shape index (κ1) is 19.0. The summed E-state index contributed by atoms with van der Waals surface area (Å²) < 4.78 is 53.1. The van der Waals surface area contributed by atoms with Gasteiger partial charge in [-0.15, -0.1) is 0 Å². The molecule has 0 saturated carbocycles. The number of rotatable bonds is 3. The van der Waals surface area contributed by atoms with E-state index in [0.717, 1.165) is 30.3 Å². The summed E-state index contributed by atoms with van der Waals surface area (Å²) in [5.74, 6) is -1.56. The van der Waals surface area contributed by atoms with E-state index in [0.29, 0.717) is 6.08 Å². The fourth-order valence-corrected chi connectivity index (χ4v) is 2.81. The lowest BCUT2D eigenvalue weighted by Crippen LogP contribution is -2.13. The Balaban J connectivity index is 2.53. The highest BCUT2D eigenvalue weighted by Crippen LogP contribution is 2.36. The predicted octanol–water partition coefficient (Wildman–Crippen LogP) is 6.72. The van der Waals surface area contributed by atoms with E-state index in [4.69, 9.17) is 23.2 Å². The van der Waals surface area contributed by atoms with Crippen molar-refractivity contribution in [2.24, 2.45) is 0 Å². The van der Waals surface area contributed by atoms with Gasteiger partial charge in [-0.3, -0.25) is 4.79 Å². The van der Waals surface area contributed by atoms with E-state index in [9.17, 15) is 22.4 Å². The lowest BCUT2D eigenvalue weighted by Gasteiger charge is -2.13. The van der Waals surface area contributed by atoms with Gasteiger partial charge in [0, 0.05) is 15.6 Å². The number of carbonyl (C=O) groups excluding carboxylic acids is 1. The molecule has 8 heteroatoms. The molecule has 0 N–H and O–H groups in total. The van der Waals surface area contributed by atoms with Crippen LogP contribution in [0.5, 0.6) is 0 Å². The van der Waals surface area contributed by atoms with Gasteiger partial charge in [0.2, 0.25) is 0 Å². The van der Waals surface area contributed by atoms with Gasteiger partial charge in [-0.2, -0.15) is 13.2 Å². The summed E-state index contributed by atoms with van der Waals surface area (Å²) in [6.07, 6.45) is -4.37. The van der Waals surface area contributed by atoms with Gasteiger partial charge in [0.25, 0.3) is 0 Å². The molecule has 0 aliphatic heterocycles. The van der Waals surface area contributed by atoms with Gasteiger partial charge in [0.15, 0.2) is 5.78 Å². The van der Waals surface area contributed by atoms with Gasteiger partial charge in [-0.05, 0) is 64.0 Å². The number of alkyl halides is 3. The third kappa shape index (κ3) is 4.59. The molecule has 2 rings (SSSR count). The molecule has 0 spiro atoms. The summed E-state index contributed by atoms with van der Waals surface area (Å²) in [6, 6.07) is 6.57. The maximum absolute atomic E-state index is 13.3. The maximum Gasteiger partial charge on any atom is 0.417 e. The normalized spacial score (nSPS) is 12.4. The largest absolute Gasteiger partial charge is 0.417 e. The lowest BCUT2D eigenvalue weighted by atomic mass is 10.0. The third-order valence-corrected chi connectivity index (χ3v) is 4.00. The van der Waals surface area contributed by atoms with Crippen LogP contribution in [0.1, 0.15) is 15.9 Å². The van der Waals surface area contributed by atoms with Gasteiger partial charge in [-0.25, -0.2) is 4.39 Å². The van der Waals surface area contributed by atoms with Crippen molar-refractivity contribution in [3.8, 4) is 0 Å². The first-order valence-corrected chi connectivity index (χ1v) is 7.87. The minimum atomic E-state index is -4.80. The summed E-state index contributed by atoms with van der Waals surface area (Å²) in [5.41, 5.74) is -1.63. The van der Waals surface area contributed by atoms with Crippen molar-refractivity contribution in [3.63, 3.8) is 0 Å². The zero-order chi connectivity index (χ0) is 18.1. The van der Waals surface area contributed by atoms with Crippen molar-refractivity contribution in [2.75, 3.05) is 0 Å². The predicted molar refractivity (Wildman–Crippen MR) is 88.9 cm³/mol. The molecule has 0 amide bonds. The van der Waals surface area contributed by atoms with Crippen molar-refractivity contribution in [2.45, 2.75) is 6.18 Å². The molecule has 0 atom stereocenters. The molecular weight excluding hydrogens is 435 g/mol. The molecule has 0 unspecified atom stereocenters. The van der Waals surface area contributed by atoms with Gasteiger partial charge in [-0.1, -0.05) is 23.2 Å². The molecule has 0 aliphatic rings. The Bertz CT molecular complexity index is 811. The number of halogens is 7. The van der Waals surface area contributed by atoms with Crippen molar-refractivity contribution < 1.29 is 22.4 Å². The van der Waals surface area contributed by atoms with Crippen LogP contribution in [0.3, 0.4) is 0 Å². The van der Waals surface area contributed by atoms with E-state index in [2.05, 4.69) is 15.9 Å². The van der Waals surface area contributed by atoms with Crippen LogP contribution in [0.25, 0.3) is 5.57 Å². The van der Waals surface area contributed by atoms with E-state index in [1.807, 2.05) is 0 Å². The van der Waals surface area contributed by atoms with Gasteiger partial charge in [0.1, 0.15) is 5.82 Å². The topological polar surface area (TPSA) is 17.1 Å².